The topological polar surface area (TPSA) is 74.0 Å². The molecule has 0 bridgehead atoms. The lowest BCUT2D eigenvalue weighted by atomic mass is 10.2. The number of aromatic nitrogens is 4. The summed E-state index contributed by atoms with van der Waals surface area (Å²) in [7, 11) is 3.68. The summed E-state index contributed by atoms with van der Waals surface area (Å²) < 4.78 is 9.32. The standard InChI is InChI=1S/C20H25N5O2S/c1-15-6-8-16(9-7-15)21-19(26)14-28-20-23-22-18(25(20)11-12-27-3)13-17-5-4-10-24(17)2/h4-10H,11-14H2,1-3H3,(H,21,26). The van der Waals surface area contributed by atoms with Crippen LogP contribution in [0.2, 0.25) is 0 Å². The number of nitrogens with zero attached hydrogens (tertiary/aromatic N) is 4. The third kappa shape index (κ3) is 5.24. The third-order valence-electron chi connectivity index (χ3n) is 4.37. The average Bonchev–Trinajstić information content (AvgIpc) is 3.26. The maximum atomic E-state index is 12.3. The van der Waals surface area contributed by atoms with Gasteiger partial charge < -0.3 is 19.2 Å². The number of thioether (sulfide) groups is 1. The fourth-order valence-electron chi connectivity index (χ4n) is 2.77. The molecule has 148 valence electrons. The predicted molar refractivity (Wildman–Crippen MR) is 111 cm³/mol. The van der Waals surface area contributed by atoms with Gasteiger partial charge in [0.15, 0.2) is 5.16 Å². The molecular formula is C20H25N5O2S. The number of hydrogen-bond acceptors (Lipinski definition) is 5. The number of nitrogens with one attached hydrogen (secondary N) is 1. The first kappa shape index (κ1) is 20.2. The molecule has 0 unspecified atom stereocenters. The van der Waals surface area contributed by atoms with Crippen LogP contribution in [0.1, 0.15) is 17.1 Å². The van der Waals surface area contributed by atoms with Crippen molar-refractivity contribution in [3.8, 4) is 0 Å². The number of carbonyl (C=O) groups excluding carboxylic acids is 1. The van der Waals surface area contributed by atoms with Crippen molar-refractivity contribution in [2.75, 3.05) is 24.8 Å². The summed E-state index contributed by atoms with van der Waals surface area (Å²) in [5.41, 5.74) is 3.10. The fraction of sp³-hybridized carbons (Fsp3) is 0.350. The second-order valence-corrected chi connectivity index (χ2v) is 7.48. The molecule has 3 rings (SSSR count). The van der Waals surface area contributed by atoms with Crippen molar-refractivity contribution >= 4 is 23.4 Å². The molecule has 0 radical (unpaired) electrons. The number of carbonyl (C=O) groups is 1. The van der Waals surface area contributed by atoms with E-state index in [-0.39, 0.29) is 11.7 Å². The van der Waals surface area contributed by atoms with Gasteiger partial charge in [0.25, 0.3) is 0 Å². The van der Waals surface area contributed by atoms with Gasteiger partial charge in [-0.2, -0.15) is 0 Å². The fourth-order valence-corrected chi connectivity index (χ4v) is 3.55. The monoisotopic (exact) mass is 399 g/mol. The largest absolute Gasteiger partial charge is 0.383 e. The SMILES string of the molecule is COCCn1c(Cc2cccn2C)nnc1SCC(=O)Nc1ccc(C)cc1. The molecule has 3 aromatic rings. The highest BCUT2D eigenvalue weighted by Crippen LogP contribution is 2.19. The Bertz CT molecular complexity index is 917. The van der Waals surface area contributed by atoms with Crippen LogP contribution in [0.25, 0.3) is 0 Å². The third-order valence-corrected chi connectivity index (χ3v) is 5.34. The van der Waals surface area contributed by atoms with Crippen molar-refractivity contribution in [3.63, 3.8) is 0 Å². The molecule has 0 aliphatic rings. The Hall–Kier alpha value is -2.58. The molecule has 7 nitrogen and oxygen atoms in total. The van der Waals surface area contributed by atoms with E-state index in [4.69, 9.17) is 4.74 Å². The van der Waals surface area contributed by atoms with Crippen molar-refractivity contribution in [1.29, 1.82) is 0 Å². The van der Waals surface area contributed by atoms with Crippen LogP contribution in [0, 0.1) is 6.92 Å². The molecule has 0 saturated carbocycles. The van der Waals surface area contributed by atoms with Crippen LogP contribution in [-0.4, -0.2) is 44.7 Å². The van der Waals surface area contributed by atoms with E-state index in [9.17, 15) is 4.79 Å². The van der Waals surface area contributed by atoms with E-state index in [1.807, 2.05) is 55.1 Å². The van der Waals surface area contributed by atoms with Gasteiger partial charge in [0.1, 0.15) is 5.82 Å². The van der Waals surface area contributed by atoms with Crippen LogP contribution in [0.5, 0.6) is 0 Å². The summed E-state index contributed by atoms with van der Waals surface area (Å²) in [5, 5.41) is 12.3. The number of rotatable bonds is 9. The first-order valence-corrected chi connectivity index (χ1v) is 10.1. The molecule has 0 atom stereocenters. The summed E-state index contributed by atoms with van der Waals surface area (Å²) in [6, 6.07) is 11.8. The zero-order valence-corrected chi connectivity index (χ0v) is 17.2. The van der Waals surface area contributed by atoms with Crippen molar-refractivity contribution in [1.82, 2.24) is 19.3 Å². The Labute approximate surface area is 169 Å². The lowest BCUT2D eigenvalue weighted by molar-refractivity contribution is -0.113. The minimum Gasteiger partial charge on any atom is -0.383 e. The predicted octanol–water partition coefficient (Wildman–Crippen LogP) is 2.89. The normalized spacial score (nSPS) is 11.0. The van der Waals surface area contributed by atoms with Gasteiger partial charge in [-0.15, -0.1) is 10.2 Å². The zero-order chi connectivity index (χ0) is 19.9. The van der Waals surface area contributed by atoms with Crippen molar-refractivity contribution < 1.29 is 9.53 Å². The van der Waals surface area contributed by atoms with Crippen LogP contribution in [0.4, 0.5) is 5.69 Å². The molecule has 1 amide bonds. The molecule has 28 heavy (non-hydrogen) atoms. The second-order valence-electron chi connectivity index (χ2n) is 6.53. The first-order valence-electron chi connectivity index (χ1n) is 9.07. The number of hydrogen-bond donors (Lipinski definition) is 1. The van der Waals surface area contributed by atoms with Gasteiger partial charge in [-0.1, -0.05) is 29.5 Å². The maximum absolute atomic E-state index is 12.3. The summed E-state index contributed by atoms with van der Waals surface area (Å²) >= 11 is 1.38. The Morgan fingerprint density at radius 2 is 2.00 bits per heavy atom. The van der Waals surface area contributed by atoms with Crippen LogP contribution in [-0.2, 0) is 29.5 Å². The maximum Gasteiger partial charge on any atom is 0.234 e. The quantitative estimate of drug-likeness (QED) is 0.560. The van der Waals surface area contributed by atoms with E-state index in [1.54, 1.807) is 7.11 Å². The molecule has 0 spiro atoms. The average molecular weight is 400 g/mol. The van der Waals surface area contributed by atoms with E-state index < -0.39 is 0 Å². The molecular weight excluding hydrogens is 374 g/mol. The van der Waals surface area contributed by atoms with Crippen LogP contribution in [0.3, 0.4) is 0 Å². The number of amides is 1. The Balaban J connectivity index is 1.65. The van der Waals surface area contributed by atoms with E-state index in [2.05, 4.69) is 26.1 Å². The van der Waals surface area contributed by atoms with E-state index in [1.165, 1.54) is 11.8 Å². The molecule has 0 saturated heterocycles. The van der Waals surface area contributed by atoms with Crippen LogP contribution >= 0.6 is 11.8 Å². The molecule has 1 aromatic carbocycles. The highest BCUT2D eigenvalue weighted by atomic mass is 32.2. The lowest BCUT2D eigenvalue weighted by Crippen LogP contribution is -2.15. The van der Waals surface area contributed by atoms with E-state index in [0.29, 0.717) is 19.6 Å². The van der Waals surface area contributed by atoms with Crippen molar-refractivity contribution in [3.05, 3.63) is 59.7 Å². The van der Waals surface area contributed by atoms with Crippen LogP contribution < -0.4 is 5.32 Å². The molecule has 0 fully saturated rings. The number of anilines is 1. The molecule has 8 heteroatoms. The van der Waals surface area contributed by atoms with E-state index in [0.717, 1.165) is 27.9 Å². The summed E-state index contributed by atoms with van der Waals surface area (Å²) in [5.74, 6) is 1.06. The minimum absolute atomic E-state index is 0.0703. The van der Waals surface area contributed by atoms with Gasteiger partial charge in [-0.05, 0) is 31.2 Å². The van der Waals surface area contributed by atoms with Gasteiger partial charge in [0.05, 0.1) is 12.4 Å². The number of aryl methyl sites for hydroxylation is 2. The van der Waals surface area contributed by atoms with Gasteiger partial charge in [0, 0.05) is 44.7 Å². The van der Waals surface area contributed by atoms with Gasteiger partial charge >= 0.3 is 0 Å². The number of methoxy groups -OCH3 is 1. The van der Waals surface area contributed by atoms with Gasteiger partial charge in [-0.25, -0.2) is 0 Å². The first-order chi connectivity index (χ1) is 13.6. The Kier molecular flexibility index (Phi) is 6.89. The summed E-state index contributed by atoms with van der Waals surface area (Å²) in [4.78, 5) is 12.3. The lowest BCUT2D eigenvalue weighted by Gasteiger charge is -2.10. The highest BCUT2D eigenvalue weighted by molar-refractivity contribution is 7.99. The Morgan fingerprint density at radius 1 is 1.21 bits per heavy atom. The summed E-state index contributed by atoms with van der Waals surface area (Å²) in [6.45, 7) is 3.22. The smallest absolute Gasteiger partial charge is 0.234 e. The summed E-state index contributed by atoms with van der Waals surface area (Å²) in [6.07, 6.45) is 2.69. The van der Waals surface area contributed by atoms with Gasteiger partial charge in [-0.3, -0.25) is 4.79 Å². The Morgan fingerprint density at radius 3 is 2.68 bits per heavy atom. The molecule has 1 N–H and O–H groups in total. The van der Waals surface area contributed by atoms with Gasteiger partial charge in [0.2, 0.25) is 5.91 Å². The number of ether oxygens (including phenoxy) is 1. The second kappa shape index (κ2) is 9.57. The van der Waals surface area contributed by atoms with Crippen molar-refractivity contribution in [2.24, 2.45) is 7.05 Å². The zero-order valence-electron chi connectivity index (χ0n) is 16.4. The molecule has 0 aliphatic carbocycles. The highest BCUT2D eigenvalue weighted by Gasteiger charge is 2.15. The number of benzene rings is 1. The van der Waals surface area contributed by atoms with Crippen LogP contribution in [0.15, 0.2) is 47.8 Å². The molecule has 0 aliphatic heterocycles. The van der Waals surface area contributed by atoms with E-state index >= 15 is 0 Å². The van der Waals surface area contributed by atoms with Crippen molar-refractivity contribution in [2.45, 2.75) is 25.0 Å². The minimum atomic E-state index is -0.0703. The molecule has 2 aromatic heterocycles. The molecule has 2 heterocycles.